The van der Waals surface area contributed by atoms with Crippen LogP contribution in [0.3, 0.4) is 0 Å². The third kappa shape index (κ3) is 3.38. The Kier molecular flexibility index (Phi) is 4.53. The minimum absolute atomic E-state index is 0.00709. The SMILES string of the molecule is COc1c(Nc2nc(Cl)ncc2C(N)=O)cccc1-c1ccn(C)n1. The van der Waals surface area contributed by atoms with Crippen molar-refractivity contribution in [3.05, 3.63) is 47.5 Å². The molecule has 0 aliphatic heterocycles. The lowest BCUT2D eigenvalue weighted by Crippen LogP contribution is -2.15. The first kappa shape index (κ1) is 16.7. The summed E-state index contributed by atoms with van der Waals surface area (Å²) >= 11 is 5.83. The molecular formula is C16H15ClN6O2. The number of nitrogens with one attached hydrogen (secondary N) is 1. The standard InChI is InChI=1S/C16H15ClN6O2/c1-23-7-6-11(22-23)9-4-3-5-12(13(9)25-2)20-15-10(14(18)24)8-19-16(17)21-15/h3-8H,1-2H3,(H2,18,24)(H,19,20,21). The zero-order valence-electron chi connectivity index (χ0n) is 13.5. The smallest absolute Gasteiger partial charge is 0.254 e. The first-order chi connectivity index (χ1) is 12.0. The maximum Gasteiger partial charge on any atom is 0.254 e. The van der Waals surface area contributed by atoms with Gasteiger partial charge in [0.2, 0.25) is 5.28 Å². The highest BCUT2D eigenvalue weighted by Gasteiger charge is 2.17. The first-order valence-electron chi connectivity index (χ1n) is 7.26. The number of aryl methyl sites for hydroxylation is 1. The third-order valence-electron chi connectivity index (χ3n) is 3.49. The highest BCUT2D eigenvalue weighted by atomic mass is 35.5. The monoisotopic (exact) mass is 358 g/mol. The number of ether oxygens (including phenoxy) is 1. The Bertz CT molecular complexity index is 940. The summed E-state index contributed by atoms with van der Waals surface area (Å²) < 4.78 is 7.24. The summed E-state index contributed by atoms with van der Waals surface area (Å²) in [7, 11) is 3.38. The molecule has 2 aromatic heterocycles. The van der Waals surface area contributed by atoms with Gasteiger partial charge in [0.05, 0.1) is 18.5 Å². The van der Waals surface area contributed by atoms with Crippen molar-refractivity contribution in [1.82, 2.24) is 19.7 Å². The van der Waals surface area contributed by atoms with E-state index in [2.05, 4.69) is 20.4 Å². The van der Waals surface area contributed by atoms with Crippen molar-refractivity contribution in [2.24, 2.45) is 12.8 Å². The summed E-state index contributed by atoms with van der Waals surface area (Å²) in [5, 5.41) is 7.41. The van der Waals surface area contributed by atoms with Gasteiger partial charge in [-0.2, -0.15) is 10.1 Å². The molecule has 0 fully saturated rings. The fourth-order valence-corrected chi connectivity index (χ4v) is 2.51. The normalized spacial score (nSPS) is 10.5. The molecule has 0 saturated carbocycles. The lowest BCUT2D eigenvalue weighted by Gasteiger charge is -2.15. The number of halogens is 1. The van der Waals surface area contributed by atoms with Gasteiger partial charge in [-0.15, -0.1) is 0 Å². The maximum absolute atomic E-state index is 11.6. The van der Waals surface area contributed by atoms with Crippen LogP contribution >= 0.6 is 11.6 Å². The summed E-state index contributed by atoms with van der Waals surface area (Å²) in [5.41, 5.74) is 7.61. The van der Waals surface area contributed by atoms with E-state index in [1.165, 1.54) is 6.20 Å². The van der Waals surface area contributed by atoms with Crippen molar-refractivity contribution in [3.8, 4) is 17.0 Å². The number of hydrogen-bond donors (Lipinski definition) is 2. The minimum atomic E-state index is -0.668. The van der Waals surface area contributed by atoms with Gasteiger partial charge in [0, 0.05) is 25.0 Å². The van der Waals surface area contributed by atoms with Crippen LogP contribution in [0.15, 0.2) is 36.7 Å². The topological polar surface area (TPSA) is 108 Å². The Morgan fingerprint density at radius 1 is 1.36 bits per heavy atom. The Morgan fingerprint density at radius 3 is 2.80 bits per heavy atom. The van der Waals surface area contributed by atoms with Crippen molar-refractivity contribution in [2.75, 3.05) is 12.4 Å². The lowest BCUT2D eigenvalue weighted by atomic mass is 10.1. The van der Waals surface area contributed by atoms with Crippen LogP contribution in [0.1, 0.15) is 10.4 Å². The number of anilines is 2. The molecule has 25 heavy (non-hydrogen) atoms. The Labute approximate surface area is 148 Å². The highest BCUT2D eigenvalue weighted by Crippen LogP contribution is 2.37. The van der Waals surface area contributed by atoms with Crippen molar-refractivity contribution in [3.63, 3.8) is 0 Å². The van der Waals surface area contributed by atoms with Crippen LogP contribution in [0.2, 0.25) is 5.28 Å². The predicted octanol–water partition coefficient (Wildman–Crippen LogP) is 2.38. The number of primary amides is 1. The number of amides is 1. The quantitative estimate of drug-likeness (QED) is 0.678. The van der Waals surface area contributed by atoms with Gasteiger partial charge in [-0.25, -0.2) is 4.98 Å². The van der Waals surface area contributed by atoms with Gasteiger partial charge in [-0.1, -0.05) is 6.07 Å². The van der Waals surface area contributed by atoms with Crippen LogP contribution in [-0.4, -0.2) is 32.8 Å². The molecule has 0 saturated heterocycles. The summed E-state index contributed by atoms with van der Waals surface area (Å²) in [6.45, 7) is 0. The van der Waals surface area contributed by atoms with E-state index in [1.54, 1.807) is 17.9 Å². The molecule has 0 radical (unpaired) electrons. The van der Waals surface area contributed by atoms with E-state index in [0.29, 0.717) is 11.4 Å². The number of aromatic nitrogens is 4. The van der Waals surface area contributed by atoms with Crippen LogP contribution < -0.4 is 15.8 Å². The molecule has 0 aliphatic carbocycles. The number of rotatable bonds is 5. The predicted molar refractivity (Wildman–Crippen MR) is 94.0 cm³/mol. The molecule has 3 rings (SSSR count). The Balaban J connectivity index is 2.07. The number of benzene rings is 1. The molecule has 0 aliphatic rings. The fourth-order valence-electron chi connectivity index (χ4n) is 2.38. The van der Waals surface area contributed by atoms with E-state index >= 15 is 0 Å². The average Bonchev–Trinajstić information content (AvgIpc) is 3.00. The van der Waals surface area contributed by atoms with Gasteiger partial charge >= 0.3 is 0 Å². The fraction of sp³-hybridized carbons (Fsp3) is 0.125. The third-order valence-corrected chi connectivity index (χ3v) is 3.67. The van der Waals surface area contributed by atoms with Crippen LogP contribution in [0.4, 0.5) is 11.5 Å². The summed E-state index contributed by atoms with van der Waals surface area (Å²) in [6.07, 6.45) is 3.11. The number of carbonyl (C=O) groups excluding carboxylic acids is 1. The minimum Gasteiger partial charge on any atom is -0.494 e. The molecule has 0 atom stereocenters. The number of nitrogens with two attached hydrogens (primary N) is 1. The van der Waals surface area contributed by atoms with E-state index in [0.717, 1.165) is 11.3 Å². The Hall–Kier alpha value is -3.13. The van der Waals surface area contributed by atoms with Crippen molar-refractivity contribution in [1.29, 1.82) is 0 Å². The van der Waals surface area contributed by atoms with Crippen LogP contribution in [-0.2, 0) is 7.05 Å². The summed E-state index contributed by atoms with van der Waals surface area (Å²) in [4.78, 5) is 19.4. The van der Waals surface area contributed by atoms with Gasteiger partial charge < -0.3 is 15.8 Å². The molecule has 3 N–H and O–H groups in total. The molecule has 0 spiro atoms. The van der Waals surface area contributed by atoms with Gasteiger partial charge in [-0.05, 0) is 29.8 Å². The van der Waals surface area contributed by atoms with E-state index in [1.807, 2.05) is 31.4 Å². The first-order valence-corrected chi connectivity index (χ1v) is 7.63. The molecule has 128 valence electrons. The van der Waals surface area contributed by atoms with Crippen molar-refractivity contribution >= 4 is 29.0 Å². The lowest BCUT2D eigenvalue weighted by molar-refractivity contribution is 0.100. The number of nitrogens with zero attached hydrogens (tertiary/aromatic N) is 4. The van der Waals surface area contributed by atoms with E-state index in [9.17, 15) is 4.79 Å². The van der Waals surface area contributed by atoms with Gasteiger partial charge in [0.25, 0.3) is 5.91 Å². The van der Waals surface area contributed by atoms with Crippen molar-refractivity contribution in [2.45, 2.75) is 0 Å². The van der Waals surface area contributed by atoms with Gasteiger partial charge in [0.15, 0.2) is 5.75 Å². The van der Waals surface area contributed by atoms with Crippen molar-refractivity contribution < 1.29 is 9.53 Å². The summed E-state index contributed by atoms with van der Waals surface area (Å²) in [6, 6.07) is 7.37. The van der Waals surface area contributed by atoms with E-state index in [-0.39, 0.29) is 16.7 Å². The zero-order chi connectivity index (χ0) is 18.0. The Morgan fingerprint density at radius 2 is 2.16 bits per heavy atom. The molecule has 1 amide bonds. The number of hydrogen-bond acceptors (Lipinski definition) is 6. The largest absolute Gasteiger partial charge is 0.494 e. The number of para-hydroxylation sites is 1. The second kappa shape index (κ2) is 6.78. The summed E-state index contributed by atoms with van der Waals surface area (Å²) in [5.74, 6) is 0.0781. The molecule has 9 heteroatoms. The molecule has 8 nitrogen and oxygen atoms in total. The van der Waals surface area contributed by atoms with Crippen LogP contribution in [0, 0.1) is 0 Å². The molecule has 0 unspecified atom stereocenters. The molecule has 0 bridgehead atoms. The number of carbonyl (C=O) groups is 1. The molecule has 3 aromatic rings. The maximum atomic E-state index is 11.6. The van der Waals surface area contributed by atoms with Gasteiger partial charge in [0.1, 0.15) is 11.4 Å². The average molecular weight is 359 g/mol. The van der Waals surface area contributed by atoms with Gasteiger partial charge in [-0.3, -0.25) is 9.48 Å². The van der Waals surface area contributed by atoms with E-state index < -0.39 is 5.91 Å². The number of methoxy groups -OCH3 is 1. The zero-order valence-corrected chi connectivity index (χ0v) is 14.3. The molecule has 1 aromatic carbocycles. The molecular weight excluding hydrogens is 344 g/mol. The van der Waals surface area contributed by atoms with Crippen LogP contribution in [0.5, 0.6) is 5.75 Å². The van der Waals surface area contributed by atoms with E-state index in [4.69, 9.17) is 22.1 Å². The highest BCUT2D eigenvalue weighted by molar-refractivity contribution is 6.28. The second-order valence-electron chi connectivity index (χ2n) is 5.15. The molecule has 2 heterocycles. The second-order valence-corrected chi connectivity index (χ2v) is 5.49. The van der Waals surface area contributed by atoms with Crippen LogP contribution in [0.25, 0.3) is 11.3 Å².